The van der Waals surface area contributed by atoms with Gasteiger partial charge in [-0.05, 0) is 49.1 Å². The molecule has 0 unspecified atom stereocenters. The standard InChI is InChI=1S/C24H29N3O4/c1-3-18-7-4-5-10-22(18)31-16-23(29)26-20-11-13-27(14-12-20)24(30)19-8-6-9-21(15-19)25-17(2)28/h4-10,15,20H,3,11-14,16H2,1-2H3,(H,25,28)(H,26,29). The molecule has 31 heavy (non-hydrogen) atoms. The summed E-state index contributed by atoms with van der Waals surface area (Å²) in [7, 11) is 0. The maximum absolute atomic E-state index is 12.8. The van der Waals surface area contributed by atoms with Crippen molar-refractivity contribution >= 4 is 23.4 Å². The Morgan fingerprint density at radius 1 is 1.06 bits per heavy atom. The predicted molar refractivity (Wildman–Crippen MR) is 119 cm³/mol. The minimum absolute atomic E-state index is 0.0206. The van der Waals surface area contributed by atoms with Crippen molar-refractivity contribution in [2.24, 2.45) is 0 Å². The molecule has 1 fully saturated rings. The number of rotatable bonds is 7. The quantitative estimate of drug-likeness (QED) is 0.717. The summed E-state index contributed by atoms with van der Waals surface area (Å²) in [6.45, 7) is 4.59. The lowest BCUT2D eigenvalue weighted by Gasteiger charge is -2.32. The Morgan fingerprint density at radius 3 is 2.52 bits per heavy atom. The van der Waals surface area contributed by atoms with E-state index < -0.39 is 0 Å². The molecule has 0 bridgehead atoms. The maximum Gasteiger partial charge on any atom is 0.258 e. The summed E-state index contributed by atoms with van der Waals surface area (Å²) in [6.07, 6.45) is 2.22. The molecule has 0 aliphatic carbocycles. The summed E-state index contributed by atoms with van der Waals surface area (Å²) >= 11 is 0. The van der Waals surface area contributed by atoms with Crippen LogP contribution in [-0.2, 0) is 16.0 Å². The zero-order valence-corrected chi connectivity index (χ0v) is 18.0. The first kappa shape index (κ1) is 22.3. The van der Waals surface area contributed by atoms with E-state index in [1.54, 1.807) is 29.2 Å². The van der Waals surface area contributed by atoms with Crippen molar-refractivity contribution in [2.75, 3.05) is 25.0 Å². The highest BCUT2D eigenvalue weighted by atomic mass is 16.5. The molecule has 0 saturated carbocycles. The first-order valence-electron chi connectivity index (χ1n) is 10.6. The van der Waals surface area contributed by atoms with Gasteiger partial charge in [-0.25, -0.2) is 0 Å². The molecular formula is C24H29N3O4. The van der Waals surface area contributed by atoms with Gasteiger partial charge in [0.15, 0.2) is 6.61 Å². The summed E-state index contributed by atoms with van der Waals surface area (Å²) in [6, 6.07) is 14.7. The lowest BCUT2D eigenvalue weighted by molar-refractivity contribution is -0.124. The third kappa shape index (κ3) is 6.31. The molecule has 2 aromatic rings. The first-order valence-corrected chi connectivity index (χ1v) is 10.6. The SMILES string of the molecule is CCc1ccccc1OCC(=O)NC1CCN(C(=O)c2cccc(NC(C)=O)c2)CC1. The van der Waals surface area contributed by atoms with E-state index in [1.165, 1.54) is 6.92 Å². The highest BCUT2D eigenvalue weighted by molar-refractivity contribution is 5.96. The van der Waals surface area contributed by atoms with Crippen molar-refractivity contribution in [3.63, 3.8) is 0 Å². The van der Waals surface area contributed by atoms with Crippen LogP contribution in [0.1, 0.15) is 42.6 Å². The summed E-state index contributed by atoms with van der Waals surface area (Å²) in [5.74, 6) is 0.334. The van der Waals surface area contributed by atoms with Gasteiger partial charge in [0.05, 0.1) is 0 Å². The Kier molecular flexibility index (Phi) is 7.65. The van der Waals surface area contributed by atoms with E-state index in [0.29, 0.717) is 37.2 Å². The van der Waals surface area contributed by atoms with Crippen LogP contribution in [0.15, 0.2) is 48.5 Å². The highest BCUT2D eigenvalue weighted by Gasteiger charge is 2.25. The number of aryl methyl sites for hydroxylation is 1. The van der Waals surface area contributed by atoms with Crippen molar-refractivity contribution < 1.29 is 19.1 Å². The maximum atomic E-state index is 12.8. The summed E-state index contributed by atoms with van der Waals surface area (Å²) < 4.78 is 5.68. The molecule has 2 aromatic carbocycles. The summed E-state index contributed by atoms with van der Waals surface area (Å²) in [4.78, 5) is 38.1. The normalized spacial score (nSPS) is 14.1. The van der Waals surface area contributed by atoms with Crippen LogP contribution in [0.2, 0.25) is 0 Å². The molecule has 3 amide bonds. The van der Waals surface area contributed by atoms with Crippen molar-refractivity contribution in [2.45, 2.75) is 39.2 Å². The van der Waals surface area contributed by atoms with Gasteiger partial charge in [-0.1, -0.05) is 31.2 Å². The van der Waals surface area contributed by atoms with E-state index in [-0.39, 0.29) is 30.4 Å². The van der Waals surface area contributed by atoms with E-state index in [0.717, 1.165) is 17.7 Å². The highest BCUT2D eigenvalue weighted by Crippen LogP contribution is 2.19. The second-order valence-corrected chi connectivity index (χ2v) is 7.65. The Bertz CT molecular complexity index is 936. The zero-order chi connectivity index (χ0) is 22.2. The Balaban J connectivity index is 1.46. The Hall–Kier alpha value is -3.35. The molecule has 3 rings (SSSR count). The lowest BCUT2D eigenvalue weighted by Crippen LogP contribution is -2.47. The molecule has 7 nitrogen and oxygen atoms in total. The predicted octanol–water partition coefficient (Wildman–Crippen LogP) is 3.01. The first-order chi connectivity index (χ1) is 15.0. The molecule has 164 valence electrons. The van der Waals surface area contributed by atoms with Gasteiger partial charge in [-0.2, -0.15) is 0 Å². The van der Waals surface area contributed by atoms with Crippen molar-refractivity contribution in [1.29, 1.82) is 0 Å². The molecule has 0 aromatic heterocycles. The van der Waals surface area contributed by atoms with Gasteiger partial charge < -0.3 is 20.3 Å². The van der Waals surface area contributed by atoms with Gasteiger partial charge in [-0.15, -0.1) is 0 Å². The van der Waals surface area contributed by atoms with Gasteiger partial charge in [0, 0.05) is 37.3 Å². The van der Waals surface area contributed by atoms with Crippen LogP contribution in [0.5, 0.6) is 5.75 Å². The minimum atomic E-state index is -0.177. The minimum Gasteiger partial charge on any atom is -0.483 e. The monoisotopic (exact) mass is 423 g/mol. The zero-order valence-electron chi connectivity index (χ0n) is 18.0. The van der Waals surface area contributed by atoms with E-state index >= 15 is 0 Å². The molecule has 1 aliphatic heterocycles. The molecule has 2 N–H and O–H groups in total. The Labute approximate surface area is 182 Å². The molecular weight excluding hydrogens is 394 g/mol. The van der Waals surface area contributed by atoms with Crippen molar-refractivity contribution in [1.82, 2.24) is 10.2 Å². The fourth-order valence-electron chi connectivity index (χ4n) is 3.69. The van der Waals surface area contributed by atoms with Crippen molar-refractivity contribution in [3.8, 4) is 5.75 Å². The number of hydrogen-bond acceptors (Lipinski definition) is 4. The molecule has 0 spiro atoms. The largest absolute Gasteiger partial charge is 0.483 e. The van der Waals surface area contributed by atoms with Crippen LogP contribution in [0.4, 0.5) is 5.69 Å². The molecule has 0 atom stereocenters. The third-order valence-electron chi connectivity index (χ3n) is 5.29. The van der Waals surface area contributed by atoms with Crippen LogP contribution in [0.3, 0.4) is 0 Å². The number of ether oxygens (including phenoxy) is 1. The number of piperidine rings is 1. The van der Waals surface area contributed by atoms with Gasteiger partial charge in [-0.3, -0.25) is 14.4 Å². The van der Waals surface area contributed by atoms with E-state index in [2.05, 4.69) is 10.6 Å². The molecule has 0 radical (unpaired) electrons. The van der Waals surface area contributed by atoms with Gasteiger partial charge in [0.2, 0.25) is 5.91 Å². The number of amides is 3. The number of nitrogens with zero attached hydrogens (tertiary/aromatic N) is 1. The van der Waals surface area contributed by atoms with Gasteiger partial charge in [0.1, 0.15) is 5.75 Å². The fraction of sp³-hybridized carbons (Fsp3) is 0.375. The number of carbonyl (C=O) groups is 3. The van der Waals surface area contributed by atoms with Gasteiger partial charge >= 0.3 is 0 Å². The second kappa shape index (κ2) is 10.6. The number of likely N-dealkylation sites (tertiary alicyclic amines) is 1. The van der Waals surface area contributed by atoms with Crippen LogP contribution < -0.4 is 15.4 Å². The lowest BCUT2D eigenvalue weighted by atomic mass is 10.0. The van der Waals surface area contributed by atoms with Crippen LogP contribution in [0, 0.1) is 0 Å². The third-order valence-corrected chi connectivity index (χ3v) is 5.29. The number of benzene rings is 2. The topological polar surface area (TPSA) is 87.7 Å². The van der Waals surface area contributed by atoms with E-state index in [1.807, 2.05) is 31.2 Å². The molecule has 1 heterocycles. The number of para-hydroxylation sites is 1. The summed E-state index contributed by atoms with van der Waals surface area (Å²) in [5.41, 5.74) is 2.21. The molecule has 7 heteroatoms. The molecule has 1 aliphatic rings. The average Bonchev–Trinajstić information content (AvgIpc) is 2.77. The average molecular weight is 424 g/mol. The second-order valence-electron chi connectivity index (χ2n) is 7.65. The van der Waals surface area contributed by atoms with E-state index in [4.69, 9.17) is 4.74 Å². The number of hydrogen-bond donors (Lipinski definition) is 2. The fourth-order valence-corrected chi connectivity index (χ4v) is 3.69. The number of anilines is 1. The van der Waals surface area contributed by atoms with E-state index in [9.17, 15) is 14.4 Å². The summed E-state index contributed by atoms with van der Waals surface area (Å²) in [5, 5.41) is 5.70. The molecule has 1 saturated heterocycles. The van der Waals surface area contributed by atoms with Gasteiger partial charge in [0.25, 0.3) is 11.8 Å². The van der Waals surface area contributed by atoms with Crippen LogP contribution >= 0.6 is 0 Å². The Morgan fingerprint density at radius 2 is 1.81 bits per heavy atom. The number of nitrogens with one attached hydrogen (secondary N) is 2. The van der Waals surface area contributed by atoms with Crippen LogP contribution in [-0.4, -0.2) is 48.4 Å². The van der Waals surface area contributed by atoms with Crippen LogP contribution in [0.25, 0.3) is 0 Å². The smallest absolute Gasteiger partial charge is 0.258 e. The van der Waals surface area contributed by atoms with Crippen molar-refractivity contribution in [3.05, 3.63) is 59.7 Å². The number of carbonyl (C=O) groups excluding carboxylic acids is 3.